The normalized spacial score (nSPS) is 11.6. The molecule has 0 aliphatic carbocycles. The van der Waals surface area contributed by atoms with Crippen LogP contribution in [0, 0.1) is 11.3 Å². The molecule has 25 heavy (non-hydrogen) atoms. The Bertz CT molecular complexity index is 902. The first kappa shape index (κ1) is 16.8. The standard InChI is InChI=1S/C21H17N2OP/c22-16-19(18-10-4-1-5-11-18)17-23-25(24,20-12-6-2-7-13-20)21-14-8-3-9-15-21/h1-15,17H,(H,23,24)/b19-17+. The molecule has 0 aromatic heterocycles. The van der Waals surface area contributed by atoms with Gasteiger partial charge in [0.2, 0.25) is 7.29 Å². The summed E-state index contributed by atoms with van der Waals surface area (Å²) >= 11 is 0. The quantitative estimate of drug-likeness (QED) is 0.561. The van der Waals surface area contributed by atoms with E-state index in [0.717, 1.165) is 5.56 Å². The molecule has 0 aliphatic rings. The molecule has 0 fully saturated rings. The van der Waals surface area contributed by atoms with E-state index in [9.17, 15) is 9.83 Å². The second-order valence-corrected chi connectivity index (χ2v) is 7.95. The molecule has 3 aromatic rings. The molecule has 4 heteroatoms. The zero-order chi connectivity index (χ0) is 17.5. The van der Waals surface area contributed by atoms with E-state index in [4.69, 9.17) is 0 Å². The molecule has 0 saturated carbocycles. The fourth-order valence-corrected chi connectivity index (χ4v) is 4.62. The zero-order valence-corrected chi connectivity index (χ0v) is 14.4. The number of hydrogen-bond acceptors (Lipinski definition) is 2. The van der Waals surface area contributed by atoms with Gasteiger partial charge >= 0.3 is 0 Å². The first-order valence-electron chi connectivity index (χ1n) is 7.89. The van der Waals surface area contributed by atoms with Crippen LogP contribution in [0.2, 0.25) is 0 Å². The Balaban J connectivity index is 2.04. The van der Waals surface area contributed by atoms with Gasteiger partial charge in [-0.15, -0.1) is 0 Å². The monoisotopic (exact) mass is 344 g/mol. The molecule has 3 rings (SSSR count). The summed E-state index contributed by atoms with van der Waals surface area (Å²) in [6.07, 6.45) is 1.55. The van der Waals surface area contributed by atoms with Crippen molar-refractivity contribution in [1.82, 2.24) is 5.09 Å². The molecule has 122 valence electrons. The second kappa shape index (κ2) is 7.66. The molecule has 3 aromatic carbocycles. The van der Waals surface area contributed by atoms with Gasteiger partial charge in [-0.3, -0.25) is 4.57 Å². The van der Waals surface area contributed by atoms with Gasteiger partial charge in [0.15, 0.2) is 0 Å². The van der Waals surface area contributed by atoms with Crippen LogP contribution in [0.15, 0.2) is 97.2 Å². The summed E-state index contributed by atoms with van der Waals surface area (Å²) in [5.74, 6) is 0. The number of nitriles is 1. The molecular weight excluding hydrogens is 327 g/mol. The predicted molar refractivity (Wildman–Crippen MR) is 103 cm³/mol. The van der Waals surface area contributed by atoms with Gasteiger partial charge in [0.25, 0.3) is 0 Å². The lowest BCUT2D eigenvalue weighted by molar-refractivity contribution is 0.583. The Hall–Kier alpha value is -3.08. The third-order valence-corrected chi connectivity index (χ3v) is 6.38. The highest BCUT2D eigenvalue weighted by Crippen LogP contribution is 2.39. The van der Waals surface area contributed by atoms with Crippen LogP contribution in [0.3, 0.4) is 0 Å². The summed E-state index contributed by atoms with van der Waals surface area (Å²) in [5, 5.41) is 13.9. The van der Waals surface area contributed by atoms with Crippen LogP contribution in [0.25, 0.3) is 5.57 Å². The van der Waals surface area contributed by atoms with Crippen LogP contribution < -0.4 is 15.7 Å². The lowest BCUT2D eigenvalue weighted by atomic mass is 10.1. The van der Waals surface area contributed by atoms with E-state index in [2.05, 4.69) is 11.2 Å². The molecule has 0 heterocycles. The van der Waals surface area contributed by atoms with Gasteiger partial charge in [0.05, 0.1) is 5.57 Å². The van der Waals surface area contributed by atoms with Gasteiger partial charge in [0.1, 0.15) is 6.07 Å². The maximum absolute atomic E-state index is 13.8. The third-order valence-electron chi connectivity index (χ3n) is 3.84. The molecule has 0 radical (unpaired) electrons. The maximum atomic E-state index is 13.8. The van der Waals surface area contributed by atoms with Gasteiger partial charge in [-0.05, 0) is 29.8 Å². The van der Waals surface area contributed by atoms with Gasteiger partial charge in [-0.1, -0.05) is 66.7 Å². The first-order chi connectivity index (χ1) is 12.2. The topological polar surface area (TPSA) is 52.9 Å². The molecule has 0 saturated heterocycles. The fourth-order valence-electron chi connectivity index (χ4n) is 2.53. The highest BCUT2D eigenvalue weighted by atomic mass is 31.2. The summed E-state index contributed by atoms with van der Waals surface area (Å²) < 4.78 is 13.8. The molecule has 0 amide bonds. The molecule has 0 atom stereocenters. The number of nitrogens with zero attached hydrogens (tertiary/aromatic N) is 1. The molecule has 0 spiro atoms. The Morgan fingerprint density at radius 3 is 1.68 bits per heavy atom. The summed E-state index contributed by atoms with van der Waals surface area (Å²) in [6, 6.07) is 30.1. The number of hydrogen-bond donors (Lipinski definition) is 1. The van der Waals surface area contributed by atoms with E-state index in [0.29, 0.717) is 16.2 Å². The fraction of sp³-hybridized carbons (Fsp3) is 0. The maximum Gasteiger partial charge on any atom is 0.226 e. The predicted octanol–water partition coefficient (Wildman–Crippen LogP) is 4.07. The van der Waals surface area contributed by atoms with Crippen molar-refractivity contribution >= 4 is 23.5 Å². The van der Waals surface area contributed by atoms with E-state index in [1.165, 1.54) is 0 Å². The van der Waals surface area contributed by atoms with Crippen molar-refractivity contribution in [2.75, 3.05) is 0 Å². The summed E-state index contributed by atoms with van der Waals surface area (Å²) in [5.41, 5.74) is 1.22. The van der Waals surface area contributed by atoms with Gasteiger partial charge in [0, 0.05) is 16.8 Å². The third kappa shape index (κ3) is 3.71. The van der Waals surface area contributed by atoms with E-state index >= 15 is 0 Å². The number of benzene rings is 3. The highest BCUT2D eigenvalue weighted by Gasteiger charge is 2.25. The Morgan fingerprint density at radius 1 is 0.800 bits per heavy atom. The molecule has 3 nitrogen and oxygen atoms in total. The van der Waals surface area contributed by atoms with Crippen LogP contribution in [0.4, 0.5) is 0 Å². The summed E-state index contributed by atoms with van der Waals surface area (Å²) in [7, 11) is -3.09. The lowest BCUT2D eigenvalue weighted by Gasteiger charge is -2.19. The van der Waals surface area contributed by atoms with E-state index in [1.807, 2.05) is 91.0 Å². The highest BCUT2D eigenvalue weighted by molar-refractivity contribution is 7.77. The minimum Gasteiger partial charge on any atom is -0.335 e. The van der Waals surface area contributed by atoms with Crippen LogP contribution in [-0.4, -0.2) is 0 Å². The van der Waals surface area contributed by atoms with E-state index < -0.39 is 7.29 Å². The number of nitrogens with one attached hydrogen (secondary N) is 1. The van der Waals surface area contributed by atoms with Gasteiger partial charge in [-0.25, -0.2) is 0 Å². The zero-order valence-electron chi connectivity index (χ0n) is 13.5. The van der Waals surface area contributed by atoms with Crippen molar-refractivity contribution in [2.45, 2.75) is 0 Å². The molecule has 0 bridgehead atoms. The first-order valence-corrected chi connectivity index (χ1v) is 9.59. The van der Waals surface area contributed by atoms with Gasteiger partial charge < -0.3 is 5.09 Å². The van der Waals surface area contributed by atoms with Crippen molar-refractivity contribution in [1.29, 1.82) is 5.26 Å². The molecular formula is C21H17N2OP. The lowest BCUT2D eigenvalue weighted by Crippen LogP contribution is -2.24. The minimum absolute atomic E-state index is 0.438. The van der Waals surface area contributed by atoms with Crippen LogP contribution in [0.1, 0.15) is 5.56 Å². The SMILES string of the molecule is N#C/C(=C\NP(=O)(c1ccccc1)c1ccccc1)c1ccccc1. The van der Waals surface area contributed by atoms with Crippen molar-refractivity contribution in [3.63, 3.8) is 0 Å². The van der Waals surface area contributed by atoms with E-state index in [-0.39, 0.29) is 0 Å². The van der Waals surface area contributed by atoms with Crippen LogP contribution in [0.5, 0.6) is 0 Å². The number of allylic oxidation sites excluding steroid dienone is 1. The average molecular weight is 344 g/mol. The Labute approximate surface area is 147 Å². The number of rotatable bonds is 5. The Kier molecular flexibility index (Phi) is 5.14. The minimum atomic E-state index is -3.09. The van der Waals surface area contributed by atoms with E-state index in [1.54, 1.807) is 6.20 Å². The van der Waals surface area contributed by atoms with Crippen molar-refractivity contribution in [2.24, 2.45) is 0 Å². The van der Waals surface area contributed by atoms with Crippen molar-refractivity contribution in [3.8, 4) is 6.07 Å². The van der Waals surface area contributed by atoms with Crippen LogP contribution in [-0.2, 0) is 4.57 Å². The summed E-state index contributed by atoms with van der Waals surface area (Å²) in [6.45, 7) is 0. The summed E-state index contributed by atoms with van der Waals surface area (Å²) in [4.78, 5) is 0. The average Bonchev–Trinajstić information content (AvgIpc) is 2.70. The molecule has 0 aliphatic heterocycles. The molecule has 0 unspecified atom stereocenters. The second-order valence-electron chi connectivity index (χ2n) is 5.45. The van der Waals surface area contributed by atoms with Crippen molar-refractivity contribution in [3.05, 3.63) is 103 Å². The largest absolute Gasteiger partial charge is 0.335 e. The van der Waals surface area contributed by atoms with Crippen LogP contribution >= 0.6 is 7.29 Å². The smallest absolute Gasteiger partial charge is 0.226 e. The van der Waals surface area contributed by atoms with Gasteiger partial charge in [-0.2, -0.15) is 5.26 Å². The Morgan fingerprint density at radius 2 is 1.24 bits per heavy atom. The van der Waals surface area contributed by atoms with Crippen molar-refractivity contribution < 1.29 is 4.57 Å². The molecule has 1 N–H and O–H groups in total.